The molecule has 1 N–H and O–H groups in total. The summed E-state index contributed by atoms with van der Waals surface area (Å²) in [6.45, 7) is 10.2. The Balaban J connectivity index is 2.22. The monoisotopic (exact) mass is 231 g/mol. The second-order valence-corrected chi connectivity index (χ2v) is 5.27. The van der Waals surface area contributed by atoms with Gasteiger partial charge in [-0.05, 0) is 33.3 Å². The molecule has 0 aromatic heterocycles. The molecule has 0 saturated heterocycles. The zero-order chi connectivity index (χ0) is 12.5. The van der Waals surface area contributed by atoms with Crippen LogP contribution in [0.25, 0.3) is 0 Å². The van der Waals surface area contributed by atoms with Gasteiger partial charge in [-0.25, -0.2) is 0 Å². The number of fused-ring (bicyclic) bond motifs is 1. The van der Waals surface area contributed by atoms with Crippen LogP contribution in [0.3, 0.4) is 0 Å². The molecule has 1 aromatic carbocycles. The average Bonchev–Trinajstić information content (AvgIpc) is 2.51. The average molecular weight is 231 g/mol. The van der Waals surface area contributed by atoms with Crippen molar-refractivity contribution in [3.63, 3.8) is 0 Å². The lowest BCUT2D eigenvalue weighted by Crippen LogP contribution is -2.42. The molecule has 92 valence electrons. The largest absolute Gasteiger partial charge is 0.486 e. The van der Waals surface area contributed by atoms with Gasteiger partial charge in [0.15, 0.2) is 0 Å². The minimum atomic E-state index is -0.195. The summed E-state index contributed by atoms with van der Waals surface area (Å²) in [7, 11) is 0. The Morgan fingerprint density at radius 3 is 2.88 bits per heavy atom. The molecule has 2 nitrogen and oxygen atoms in total. The number of nitrogens with one attached hydrogen (secondary N) is 1. The summed E-state index contributed by atoms with van der Waals surface area (Å²) in [5.41, 5.74) is 1.06. The summed E-state index contributed by atoms with van der Waals surface area (Å²) in [5, 5.41) is 3.63. The molecule has 0 spiro atoms. The normalized spacial score (nSPS) is 22.6. The third kappa shape index (κ3) is 2.37. The van der Waals surface area contributed by atoms with Gasteiger partial charge in [0.25, 0.3) is 0 Å². The highest BCUT2D eigenvalue weighted by atomic mass is 16.5. The van der Waals surface area contributed by atoms with Crippen molar-refractivity contribution >= 4 is 0 Å². The minimum Gasteiger partial charge on any atom is -0.486 e. The second kappa shape index (κ2) is 4.53. The highest BCUT2D eigenvalue weighted by Gasteiger charge is 2.41. The number of hydrogen-bond donors (Lipinski definition) is 1. The van der Waals surface area contributed by atoms with E-state index in [0.29, 0.717) is 6.04 Å². The molecular weight excluding hydrogens is 210 g/mol. The van der Waals surface area contributed by atoms with Crippen molar-refractivity contribution < 1.29 is 4.74 Å². The SMILES string of the molecule is C=CCC(C)NC1c2ccccc2OC1(C)C. The van der Waals surface area contributed by atoms with Crippen molar-refractivity contribution in [1.29, 1.82) is 0 Å². The Morgan fingerprint density at radius 1 is 1.47 bits per heavy atom. The molecule has 2 unspecified atom stereocenters. The van der Waals surface area contributed by atoms with Gasteiger partial charge in [-0.15, -0.1) is 6.58 Å². The smallest absolute Gasteiger partial charge is 0.125 e. The summed E-state index contributed by atoms with van der Waals surface area (Å²) in [5.74, 6) is 1.00. The van der Waals surface area contributed by atoms with E-state index in [0.717, 1.165) is 12.2 Å². The molecule has 0 bridgehead atoms. The fourth-order valence-corrected chi connectivity index (χ4v) is 2.42. The molecule has 0 saturated carbocycles. The second-order valence-electron chi connectivity index (χ2n) is 5.27. The summed E-state index contributed by atoms with van der Waals surface area (Å²) in [6.07, 6.45) is 2.92. The molecule has 2 rings (SSSR count). The quantitative estimate of drug-likeness (QED) is 0.801. The Morgan fingerprint density at radius 2 is 2.18 bits per heavy atom. The molecular formula is C15H21NO. The Kier molecular flexibility index (Phi) is 3.25. The molecule has 2 atom stereocenters. The predicted molar refractivity (Wildman–Crippen MR) is 71.3 cm³/mol. The van der Waals surface area contributed by atoms with Gasteiger partial charge in [0, 0.05) is 11.6 Å². The molecule has 1 aromatic rings. The lowest BCUT2D eigenvalue weighted by atomic mass is 9.93. The minimum absolute atomic E-state index is 0.195. The first-order valence-electron chi connectivity index (χ1n) is 6.19. The van der Waals surface area contributed by atoms with Crippen molar-refractivity contribution in [2.24, 2.45) is 0 Å². The van der Waals surface area contributed by atoms with Crippen LogP contribution in [0.1, 0.15) is 38.8 Å². The van der Waals surface area contributed by atoms with Crippen molar-refractivity contribution in [2.45, 2.75) is 44.9 Å². The van der Waals surface area contributed by atoms with Crippen LogP contribution in [0.5, 0.6) is 5.75 Å². The molecule has 1 aliphatic heterocycles. The van der Waals surface area contributed by atoms with Crippen LogP contribution in [-0.2, 0) is 0 Å². The maximum atomic E-state index is 6.00. The summed E-state index contributed by atoms with van der Waals surface area (Å²) < 4.78 is 6.00. The van der Waals surface area contributed by atoms with E-state index in [9.17, 15) is 0 Å². The van der Waals surface area contributed by atoms with E-state index in [1.165, 1.54) is 5.56 Å². The predicted octanol–water partition coefficient (Wildman–Crippen LogP) is 3.45. The molecule has 1 heterocycles. The molecule has 2 heteroatoms. The maximum Gasteiger partial charge on any atom is 0.125 e. The van der Waals surface area contributed by atoms with Crippen molar-refractivity contribution in [1.82, 2.24) is 5.32 Å². The van der Waals surface area contributed by atoms with E-state index in [-0.39, 0.29) is 11.6 Å². The summed E-state index contributed by atoms with van der Waals surface area (Å²) in [4.78, 5) is 0. The van der Waals surface area contributed by atoms with Crippen LogP contribution < -0.4 is 10.1 Å². The first kappa shape index (κ1) is 12.2. The molecule has 17 heavy (non-hydrogen) atoms. The van der Waals surface area contributed by atoms with Gasteiger partial charge < -0.3 is 10.1 Å². The number of rotatable bonds is 4. The number of ether oxygens (including phenoxy) is 1. The van der Waals surface area contributed by atoms with E-state index in [4.69, 9.17) is 4.74 Å². The zero-order valence-electron chi connectivity index (χ0n) is 10.9. The van der Waals surface area contributed by atoms with Gasteiger partial charge in [0.2, 0.25) is 0 Å². The van der Waals surface area contributed by atoms with E-state index in [1.54, 1.807) is 0 Å². The zero-order valence-corrected chi connectivity index (χ0v) is 10.9. The van der Waals surface area contributed by atoms with Gasteiger partial charge in [-0.3, -0.25) is 0 Å². The summed E-state index contributed by atoms with van der Waals surface area (Å²) in [6, 6.07) is 8.92. The lowest BCUT2D eigenvalue weighted by molar-refractivity contribution is 0.0920. The van der Waals surface area contributed by atoms with E-state index >= 15 is 0 Å². The highest BCUT2D eigenvalue weighted by Crippen LogP contribution is 2.42. The third-order valence-electron chi connectivity index (χ3n) is 3.27. The van der Waals surface area contributed by atoms with E-state index < -0.39 is 0 Å². The standard InChI is InChI=1S/C15H21NO/c1-5-8-11(2)16-14-12-9-6-7-10-13(12)17-15(14,3)4/h5-7,9-11,14,16H,1,8H2,2-4H3. The number of benzene rings is 1. The van der Waals surface area contributed by atoms with Crippen LogP contribution >= 0.6 is 0 Å². The van der Waals surface area contributed by atoms with Gasteiger partial charge in [0.1, 0.15) is 11.4 Å². The van der Waals surface area contributed by atoms with Crippen LogP contribution in [-0.4, -0.2) is 11.6 Å². The number of para-hydroxylation sites is 1. The number of hydrogen-bond acceptors (Lipinski definition) is 2. The third-order valence-corrected chi connectivity index (χ3v) is 3.27. The fourth-order valence-electron chi connectivity index (χ4n) is 2.42. The topological polar surface area (TPSA) is 21.3 Å². The Hall–Kier alpha value is -1.28. The van der Waals surface area contributed by atoms with Crippen LogP contribution in [0.4, 0.5) is 0 Å². The van der Waals surface area contributed by atoms with Gasteiger partial charge >= 0.3 is 0 Å². The fraction of sp³-hybridized carbons (Fsp3) is 0.467. The molecule has 0 radical (unpaired) electrons. The Bertz CT molecular complexity index is 411. The van der Waals surface area contributed by atoms with Crippen LogP contribution in [0, 0.1) is 0 Å². The van der Waals surface area contributed by atoms with Gasteiger partial charge in [-0.2, -0.15) is 0 Å². The summed E-state index contributed by atoms with van der Waals surface area (Å²) >= 11 is 0. The molecule has 1 aliphatic rings. The van der Waals surface area contributed by atoms with Crippen molar-refractivity contribution in [3.05, 3.63) is 42.5 Å². The highest BCUT2D eigenvalue weighted by molar-refractivity contribution is 5.42. The van der Waals surface area contributed by atoms with Crippen molar-refractivity contribution in [3.8, 4) is 5.75 Å². The van der Waals surface area contributed by atoms with Gasteiger partial charge in [0.05, 0.1) is 6.04 Å². The van der Waals surface area contributed by atoms with Crippen LogP contribution in [0.15, 0.2) is 36.9 Å². The van der Waals surface area contributed by atoms with Gasteiger partial charge in [-0.1, -0.05) is 24.3 Å². The van der Waals surface area contributed by atoms with Crippen molar-refractivity contribution in [2.75, 3.05) is 0 Å². The first-order valence-corrected chi connectivity index (χ1v) is 6.19. The van der Waals surface area contributed by atoms with E-state index in [2.05, 4.69) is 44.8 Å². The first-order chi connectivity index (χ1) is 8.04. The molecule has 0 fully saturated rings. The Labute approximate surface area is 104 Å². The maximum absolute atomic E-state index is 6.00. The molecule has 0 aliphatic carbocycles. The van der Waals surface area contributed by atoms with Crippen LogP contribution in [0.2, 0.25) is 0 Å². The molecule has 0 amide bonds. The van der Waals surface area contributed by atoms with E-state index in [1.807, 2.05) is 18.2 Å². The lowest BCUT2D eigenvalue weighted by Gasteiger charge is -2.29.